The fourth-order valence-electron chi connectivity index (χ4n) is 3.10. The van der Waals surface area contributed by atoms with Crippen LogP contribution in [0.1, 0.15) is 38.0 Å². The first kappa shape index (κ1) is 15.1. The van der Waals surface area contributed by atoms with Crippen LogP contribution in [-0.4, -0.2) is 48.6 Å². The van der Waals surface area contributed by atoms with Gasteiger partial charge in [0.05, 0.1) is 12.8 Å². The highest BCUT2D eigenvalue weighted by molar-refractivity contribution is 5.17. The van der Waals surface area contributed by atoms with Gasteiger partial charge in [0.1, 0.15) is 5.76 Å². The molecule has 2 heterocycles. The van der Waals surface area contributed by atoms with Crippen molar-refractivity contribution in [2.45, 2.75) is 45.8 Å². The van der Waals surface area contributed by atoms with Gasteiger partial charge in [-0.05, 0) is 31.4 Å². The van der Waals surface area contributed by atoms with Gasteiger partial charge in [-0.3, -0.25) is 9.80 Å². The molecule has 4 heteroatoms. The second-order valence-electron chi connectivity index (χ2n) is 6.94. The Labute approximate surface area is 128 Å². The highest BCUT2D eigenvalue weighted by Gasteiger charge is 2.31. The first-order valence-corrected chi connectivity index (χ1v) is 8.44. The van der Waals surface area contributed by atoms with Crippen LogP contribution in [0.15, 0.2) is 16.7 Å². The van der Waals surface area contributed by atoms with E-state index in [0.29, 0.717) is 5.92 Å². The van der Waals surface area contributed by atoms with Crippen molar-refractivity contribution in [1.29, 1.82) is 0 Å². The summed E-state index contributed by atoms with van der Waals surface area (Å²) in [7, 11) is 0. The molecule has 1 N–H and O–H groups in total. The van der Waals surface area contributed by atoms with Crippen molar-refractivity contribution in [3.05, 3.63) is 23.7 Å². The highest BCUT2D eigenvalue weighted by Crippen LogP contribution is 2.27. The number of hydrogen-bond acceptors (Lipinski definition) is 4. The van der Waals surface area contributed by atoms with E-state index in [-0.39, 0.29) is 0 Å². The molecule has 1 aliphatic carbocycles. The van der Waals surface area contributed by atoms with E-state index in [0.717, 1.165) is 31.4 Å². The number of nitrogens with one attached hydrogen (secondary N) is 1. The van der Waals surface area contributed by atoms with Crippen LogP contribution in [0.25, 0.3) is 0 Å². The normalized spacial score (nSPS) is 21.3. The van der Waals surface area contributed by atoms with Crippen molar-refractivity contribution in [3.8, 4) is 0 Å². The summed E-state index contributed by atoms with van der Waals surface area (Å²) in [6.45, 7) is 12.3. The number of hydrogen-bond donors (Lipinski definition) is 1. The number of nitrogens with zero attached hydrogens (tertiary/aromatic N) is 2. The van der Waals surface area contributed by atoms with E-state index in [9.17, 15) is 0 Å². The number of piperazine rings is 1. The Hall–Kier alpha value is -0.840. The lowest BCUT2D eigenvalue weighted by molar-refractivity contribution is 0.121. The molecule has 4 nitrogen and oxygen atoms in total. The van der Waals surface area contributed by atoms with Crippen LogP contribution in [0.3, 0.4) is 0 Å². The van der Waals surface area contributed by atoms with Gasteiger partial charge in [0.25, 0.3) is 0 Å². The van der Waals surface area contributed by atoms with Crippen molar-refractivity contribution in [2.75, 3.05) is 32.7 Å². The summed E-state index contributed by atoms with van der Waals surface area (Å²) in [6.07, 6.45) is 4.68. The van der Waals surface area contributed by atoms with Gasteiger partial charge < -0.3 is 9.73 Å². The molecule has 1 aliphatic heterocycles. The third-order valence-electron chi connectivity index (χ3n) is 4.54. The lowest BCUT2D eigenvalue weighted by Gasteiger charge is -2.34. The molecule has 2 fully saturated rings. The molecule has 3 rings (SSSR count). The monoisotopic (exact) mass is 291 g/mol. The summed E-state index contributed by atoms with van der Waals surface area (Å²) in [5.41, 5.74) is 1.35. The topological polar surface area (TPSA) is 31.7 Å². The lowest BCUT2D eigenvalue weighted by atomic mass is 10.2. The minimum atomic E-state index is 0.680. The molecule has 118 valence electrons. The Morgan fingerprint density at radius 3 is 2.67 bits per heavy atom. The van der Waals surface area contributed by atoms with Gasteiger partial charge in [0, 0.05) is 44.3 Å². The van der Waals surface area contributed by atoms with Crippen LogP contribution < -0.4 is 5.32 Å². The Balaban J connectivity index is 1.45. The molecular formula is C17H29N3O. The second kappa shape index (κ2) is 6.95. The van der Waals surface area contributed by atoms with Gasteiger partial charge in [-0.15, -0.1) is 0 Å². The van der Waals surface area contributed by atoms with Crippen LogP contribution in [-0.2, 0) is 13.1 Å². The largest absolute Gasteiger partial charge is 0.468 e. The van der Waals surface area contributed by atoms with Crippen molar-refractivity contribution in [3.63, 3.8) is 0 Å². The Bertz CT molecular complexity index is 431. The van der Waals surface area contributed by atoms with Crippen molar-refractivity contribution in [2.24, 2.45) is 5.92 Å². The molecule has 1 aromatic heterocycles. The molecule has 1 aromatic rings. The van der Waals surface area contributed by atoms with Gasteiger partial charge in [0.15, 0.2) is 0 Å². The van der Waals surface area contributed by atoms with E-state index < -0.39 is 0 Å². The van der Waals surface area contributed by atoms with Crippen LogP contribution in [0.4, 0.5) is 0 Å². The zero-order valence-electron chi connectivity index (χ0n) is 13.5. The Morgan fingerprint density at radius 2 is 2.00 bits per heavy atom. The average Bonchev–Trinajstić information content (AvgIpc) is 3.22. The van der Waals surface area contributed by atoms with E-state index in [2.05, 4.69) is 35.0 Å². The summed E-state index contributed by atoms with van der Waals surface area (Å²) in [5.74, 6) is 1.79. The summed E-state index contributed by atoms with van der Waals surface area (Å²) in [5, 5.41) is 3.47. The van der Waals surface area contributed by atoms with Crippen molar-refractivity contribution >= 4 is 0 Å². The zero-order valence-corrected chi connectivity index (χ0v) is 13.5. The molecule has 2 aliphatic rings. The maximum Gasteiger partial charge on any atom is 0.122 e. The average molecular weight is 291 g/mol. The van der Waals surface area contributed by atoms with E-state index in [1.807, 2.05) is 6.26 Å². The van der Waals surface area contributed by atoms with Crippen LogP contribution >= 0.6 is 0 Å². The molecule has 0 bridgehead atoms. The predicted molar refractivity (Wildman–Crippen MR) is 85.1 cm³/mol. The molecule has 0 spiro atoms. The van der Waals surface area contributed by atoms with Gasteiger partial charge in [-0.1, -0.05) is 13.8 Å². The van der Waals surface area contributed by atoms with E-state index in [1.54, 1.807) is 0 Å². The van der Waals surface area contributed by atoms with Gasteiger partial charge in [-0.25, -0.2) is 0 Å². The van der Waals surface area contributed by atoms with Gasteiger partial charge in [-0.2, -0.15) is 0 Å². The third-order valence-corrected chi connectivity index (χ3v) is 4.54. The fraction of sp³-hybridized carbons (Fsp3) is 0.765. The lowest BCUT2D eigenvalue weighted by Crippen LogP contribution is -2.46. The number of furan rings is 1. The standard InChI is InChI=1S/C17H29N3O/c1-14(2)11-18-12-17-15(5-10-21-17)13-19-6-8-20(9-7-19)16-3-4-16/h5,10,14,16,18H,3-4,6-9,11-13H2,1-2H3. The highest BCUT2D eigenvalue weighted by atomic mass is 16.3. The van der Waals surface area contributed by atoms with E-state index in [4.69, 9.17) is 4.42 Å². The minimum absolute atomic E-state index is 0.680. The third kappa shape index (κ3) is 4.31. The molecule has 0 amide bonds. The quantitative estimate of drug-likeness (QED) is 0.835. The molecule has 0 radical (unpaired) electrons. The van der Waals surface area contributed by atoms with Gasteiger partial charge in [0.2, 0.25) is 0 Å². The molecule has 0 unspecified atom stereocenters. The van der Waals surface area contributed by atoms with Crippen molar-refractivity contribution < 1.29 is 4.42 Å². The summed E-state index contributed by atoms with van der Waals surface area (Å²) in [4.78, 5) is 5.23. The maximum absolute atomic E-state index is 5.66. The molecule has 21 heavy (non-hydrogen) atoms. The molecule has 1 saturated carbocycles. The maximum atomic E-state index is 5.66. The predicted octanol–water partition coefficient (Wildman–Crippen LogP) is 2.31. The molecule has 0 aromatic carbocycles. The smallest absolute Gasteiger partial charge is 0.122 e. The zero-order chi connectivity index (χ0) is 14.7. The Morgan fingerprint density at radius 1 is 1.24 bits per heavy atom. The Kier molecular flexibility index (Phi) is 4.99. The van der Waals surface area contributed by atoms with E-state index >= 15 is 0 Å². The number of rotatable bonds is 7. The molecular weight excluding hydrogens is 262 g/mol. The fourth-order valence-corrected chi connectivity index (χ4v) is 3.10. The van der Waals surface area contributed by atoms with E-state index in [1.165, 1.54) is 44.6 Å². The van der Waals surface area contributed by atoms with Crippen molar-refractivity contribution in [1.82, 2.24) is 15.1 Å². The summed E-state index contributed by atoms with van der Waals surface area (Å²) >= 11 is 0. The van der Waals surface area contributed by atoms with Gasteiger partial charge >= 0.3 is 0 Å². The van der Waals surface area contributed by atoms with Crippen LogP contribution in [0.5, 0.6) is 0 Å². The minimum Gasteiger partial charge on any atom is -0.468 e. The summed E-state index contributed by atoms with van der Waals surface area (Å²) in [6, 6.07) is 3.05. The summed E-state index contributed by atoms with van der Waals surface area (Å²) < 4.78 is 5.66. The molecule has 0 atom stereocenters. The molecule has 1 saturated heterocycles. The van der Waals surface area contributed by atoms with Crippen LogP contribution in [0, 0.1) is 5.92 Å². The SMILES string of the molecule is CC(C)CNCc1occc1CN1CCN(C2CC2)CC1. The first-order valence-electron chi connectivity index (χ1n) is 8.44. The van der Waals surface area contributed by atoms with Crippen LogP contribution in [0.2, 0.25) is 0 Å². The first-order chi connectivity index (χ1) is 10.2. The second-order valence-corrected chi connectivity index (χ2v) is 6.94.